The van der Waals surface area contributed by atoms with Crippen LogP contribution in [0.1, 0.15) is 42.0 Å². The minimum Gasteiger partial charge on any atom is -0.381 e. The Morgan fingerprint density at radius 3 is 2.54 bits per heavy atom. The molecule has 0 aliphatic carbocycles. The van der Waals surface area contributed by atoms with Crippen LogP contribution in [0.3, 0.4) is 0 Å². The zero-order chi connectivity index (χ0) is 19.2. The van der Waals surface area contributed by atoms with Crippen LogP contribution in [0.5, 0.6) is 0 Å². The first kappa shape index (κ1) is 19.6. The number of amides is 1. The summed E-state index contributed by atoms with van der Waals surface area (Å²) < 4.78 is 5.55. The minimum atomic E-state index is -0.439. The SMILES string of the molecule is O=C(NCCN1CCC(c2cccs2)CC1)C1(c2ccccc2)CCOCC1. The van der Waals surface area contributed by atoms with Crippen molar-refractivity contribution in [3.8, 4) is 0 Å². The quantitative estimate of drug-likeness (QED) is 0.805. The van der Waals surface area contributed by atoms with E-state index in [0.29, 0.717) is 13.2 Å². The van der Waals surface area contributed by atoms with Crippen LogP contribution >= 0.6 is 11.3 Å². The van der Waals surface area contributed by atoms with E-state index >= 15 is 0 Å². The zero-order valence-electron chi connectivity index (χ0n) is 16.4. The van der Waals surface area contributed by atoms with Gasteiger partial charge in [0.2, 0.25) is 5.91 Å². The van der Waals surface area contributed by atoms with Crippen LogP contribution in [-0.2, 0) is 14.9 Å². The summed E-state index contributed by atoms with van der Waals surface area (Å²) in [6.07, 6.45) is 3.96. The van der Waals surface area contributed by atoms with Gasteiger partial charge in [-0.3, -0.25) is 4.79 Å². The number of piperidine rings is 1. The zero-order valence-corrected chi connectivity index (χ0v) is 17.3. The molecule has 0 bridgehead atoms. The summed E-state index contributed by atoms with van der Waals surface area (Å²) in [5.41, 5.74) is 0.679. The number of hydrogen-bond donors (Lipinski definition) is 1. The lowest BCUT2D eigenvalue weighted by atomic mass is 9.73. The van der Waals surface area contributed by atoms with Gasteiger partial charge in [0.1, 0.15) is 0 Å². The van der Waals surface area contributed by atoms with Gasteiger partial charge in [0.05, 0.1) is 5.41 Å². The van der Waals surface area contributed by atoms with Crippen molar-refractivity contribution in [2.45, 2.75) is 37.0 Å². The first-order valence-electron chi connectivity index (χ1n) is 10.5. The number of ether oxygens (including phenoxy) is 1. The third-order valence-electron chi connectivity index (χ3n) is 6.35. The fourth-order valence-electron chi connectivity index (χ4n) is 4.59. The van der Waals surface area contributed by atoms with Gasteiger partial charge in [-0.05, 0) is 61.7 Å². The van der Waals surface area contributed by atoms with Gasteiger partial charge in [0.25, 0.3) is 0 Å². The second-order valence-electron chi connectivity index (χ2n) is 7.95. The van der Waals surface area contributed by atoms with E-state index in [9.17, 15) is 4.79 Å². The molecule has 1 aromatic heterocycles. The molecule has 0 spiro atoms. The number of carbonyl (C=O) groups excluding carboxylic acids is 1. The predicted octanol–water partition coefficient (Wildman–Crippen LogP) is 3.79. The van der Waals surface area contributed by atoms with Crippen LogP contribution in [-0.4, -0.2) is 50.2 Å². The van der Waals surface area contributed by atoms with E-state index in [0.717, 1.165) is 50.5 Å². The Hall–Kier alpha value is -1.69. The largest absolute Gasteiger partial charge is 0.381 e. The highest BCUT2D eigenvalue weighted by molar-refractivity contribution is 7.10. The maximum atomic E-state index is 13.2. The van der Waals surface area contributed by atoms with Gasteiger partial charge < -0.3 is 15.0 Å². The topological polar surface area (TPSA) is 41.6 Å². The van der Waals surface area contributed by atoms with E-state index in [1.807, 2.05) is 29.5 Å². The van der Waals surface area contributed by atoms with E-state index < -0.39 is 5.41 Å². The molecule has 2 aromatic rings. The summed E-state index contributed by atoms with van der Waals surface area (Å²) in [7, 11) is 0. The van der Waals surface area contributed by atoms with E-state index in [1.54, 1.807) is 0 Å². The molecule has 2 fully saturated rings. The van der Waals surface area contributed by atoms with Gasteiger partial charge in [-0.25, -0.2) is 0 Å². The maximum Gasteiger partial charge on any atom is 0.230 e. The van der Waals surface area contributed by atoms with E-state index in [2.05, 4.69) is 39.9 Å². The Bertz CT molecular complexity index is 733. The second-order valence-corrected chi connectivity index (χ2v) is 8.93. The highest BCUT2D eigenvalue weighted by atomic mass is 32.1. The summed E-state index contributed by atoms with van der Waals surface area (Å²) in [5.74, 6) is 0.880. The first-order valence-corrected chi connectivity index (χ1v) is 11.3. The molecule has 5 heteroatoms. The molecule has 2 aliphatic rings. The molecule has 150 valence electrons. The third kappa shape index (κ3) is 4.32. The lowest BCUT2D eigenvalue weighted by Gasteiger charge is -2.37. The monoisotopic (exact) mass is 398 g/mol. The summed E-state index contributed by atoms with van der Waals surface area (Å²) in [4.78, 5) is 17.2. The van der Waals surface area contributed by atoms with Crippen LogP contribution in [0.2, 0.25) is 0 Å². The van der Waals surface area contributed by atoms with E-state index in [4.69, 9.17) is 4.74 Å². The molecular formula is C23H30N2O2S. The van der Waals surface area contributed by atoms with Gasteiger partial charge in [-0.1, -0.05) is 36.4 Å². The molecule has 4 nitrogen and oxygen atoms in total. The van der Waals surface area contributed by atoms with Crippen molar-refractivity contribution in [3.05, 3.63) is 58.3 Å². The second kappa shape index (κ2) is 9.21. The summed E-state index contributed by atoms with van der Waals surface area (Å²) >= 11 is 1.88. The molecule has 0 radical (unpaired) electrons. The Labute approximate surface area is 171 Å². The number of nitrogens with zero attached hydrogens (tertiary/aromatic N) is 1. The van der Waals surface area contributed by atoms with Crippen molar-refractivity contribution in [1.82, 2.24) is 10.2 Å². The standard InChI is InChI=1S/C23H30N2O2S/c26-22(23(10-16-27-17-11-23)20-5-2-1-3-6-20)24-12-15-25-13-8-19(9-14-25)21-7-4-18-28-21/h1-7,18-19H,8-17H2,(H,24,26). The van der Waals surface area contributed by atoms with E-state index in [1.165, 1.54) is 17.7 Å². The molecule has 2 aliphatic heterocycles. The molecule has 28 heavy (non-hydrogen) atoms. The Kier molecular flexibility index (Phi) is 6.45. The Morgan fingerprint density at radius 2 is 1.86 bits per heavy atom. The number of thiophene rings is 1. The van der Waals surface area contributed by atoms with Gasteiger partial charge in [0.15, 0.2) is 0 Å². The number of likely N-dealkylation sites (tertiary alicyclic amines) is 1. The molecule has 1 N–H and O–H groups in total. The molecular weight excluding hydrogens is 368 g/mol. The van der Waals surface area contributed by atoms with Crippen LogP contribution < -0.4 is 5.32 Å². The van der Waals surface area contributed by atoms with Crippen molar-refractivity contribution < 1.29 is 9.53 Å². The number of benzene rings is 1. The molecule has 3 heterocycles. The average molecular weight is 399 g/mol. The number of rotatable bonds is 6. The molecule has 4 rings (SSSR count). The molecule has 1 amide bonds. The van der Waals surface area contributed by atoms with Crippen LogP contribution in [0.4, 0.5) is 0 Å². The van der Waals surface area contributed by atoms with Crippen molar-refractivity contribution in [3.63, 3.8) is 0 Å². The molecule has 2 saturated heterocycles. The normalized spacial score (nSPS) is 20.7. The Morgan fingerprint density at radius 1 is 1.11 bits per heavy atom. The highest BCUT2D eigenvalue weighted by Crippen LogP contribution is 2.35. The van der Waals surface area contributed by atoms with Crippen LogP contribution in [0.25, 0.3) is 0 Å². The molecule has 0 unspecified atom stereocenters. The summed E-state index contributed by atoms with van der Waals surface area (Å²) in [6, 6.07) is 14.6. The van der Waals surface area contributed by atoms with Gasteiger partial charge in [-0.2, -0.15) is 0 Å². The number of carbonyl (C=O) groups is 1. The lowest BCUT2D eigenvalue weighted by Crippen LogP contribution is -2.49. The minimum absolute atomic E-state index is 0.162. The number of nitrogens with one attached hydrogen (secondary N) is 1. The average Bonchev–Trinajstić information content (AvgIpc) is 3.30. The maximum absolute atomic E-state index is 13.2. The fraction of sp³-hybridized carbons (Fsp3) is 0.522. The molecule has 0 saturated carbocycles. The smallest absolute Gasteiger partial charge is 0.230 e. The third-order valence-corrected chi connectivity index (χ3v) is 7.39. The van der Waals surface area contributed by atoms with Gasteiger partial charge in [0, 0.05) is 31.2 Å². The van der Waals surface area contributed by atoms with E-state index in [-0.39, 0.29) is 5.91 Å². The van der Waals surface area contributed by atoms with Crippen molar-refractivity contribution in [2.24, 2.45) is 0 Å². The van der Waals surface area contributed by atoms with Crippen molar-refractivity contribution >= 4 is 17.2 Å². The lowest BCUT2D eigenvalue weighted by molar-refractivity contribution is -0.130. The predicted molar refractivity (Wildman–Crippen MR) is 114 cm³/mol. The Balaban J connectivity index is 1.29. The summed E-state index contributed by atoms with van der Waals surface area (Å²) in [6.45, 7) is 5.20. The fourth-order valence-corrected chi connectivity index (χ4v) is 5.48. The van der Waals surface area contributed by atoms with Crippen molar-refractivity contribution in [2.75, 3.05) is 39.4 Å². The molecule has 0 atom stereocenters. The number of hydrogen-bond acceptors (Lipinski definition) is 4. The summed E-state index contributed by atoms with van der Waals surface area (Å²) in [5, 5.41) is 5.42. The first-order chi connectivity index (χ1) is 13.8. The van der Waals surface area contributed by atoms with Crippen LogP contribution in [0.15, 0.2) is 47.8 Å². The van der Waals surface area contributed by atoms with Crippen molar-refractivity contribution in [1.29, 1.82) is 0 Å². The van der Waals surface area contributed by atoms with Crippen LogP contribution in [0, 0.1) is 0 Å². The van der Waals surface area contributed by atoms with Gasteiger partial charge >= 0.3 is 0 Å². The molecule has 1 aromatic carbocycles. The highest BCUT2D eigenvalue weighted by Gasteiger charge is 2.41. The van der Waals surface area contributed by atoms with Gasteiger partial charge in [-0.15, -0.1) is 11.3 Å².